The summed E-state index contributed by atoms with van der Waals surface area (Å²) in [5, 5.41) is 1.16. The van der Waals surface area contributed by atoms with Crippen molar-refractivity contribution < 1.29 is 9.47 Å². The molecule has 0 amide bonds. The van der Waals surface area contributed by atoms with Gasteiger partial charge in [0.2, 0.25) is 5.88 Å². The average Bonchev–Trinajstić information content (AvgIpc) is 3.34. The van der Waals surface area contributed by atoms with E-state index in [0.717, 1.165) is 52.2 Å². The molecule has 7 heteroatoms. The highest BCUT2D eigenvalue weighted by Crippen LogP contribution is 2.44. The lowest BCUT2D eigenvalue weighted by Crippen LogP contribution is -2.33. The fraction of sp³-hybridized carbons (Fsp3) is 0.591. The fourth-order valence-electron chi connectivity index (χ4n) is 4.32. The number of fused-ring (bicyclic) bond motifs is 5. The van der Waals surface area contributed by atoms with Crippen molar-refractivity contribution in [2.45, 2.75) is 71.7 Å². The van der Waals surface area contributed by atoms with Gasteiger partial charge in [0, 0.05) is 30.5 Å². The van der Waals surface area contributed by atoms with Crippen LogP contribution in [0.15, 0.2) is 6.33 Å². The van der Waals surface area contributed by atoms with E-state index < -0.39 is 0 Å². The minimum absolute atomic E-state index is 0.118. The topological polar surface area (TPSA) is 60.4 Å². The summed E-state index contributed by atoms with van der Waals surface area (Å²) in [7, 11) is 0. The highest BCUT2D eigenvalue weighted by atomic mass is 32.1. The zero-order chi connectivity index (χ0) is 20.2. The predicted octanol–water partition coefficient (Wildman–Crippen LogP) is 4.87. The molecule has 29 heavy (non-hydrogen) atoms. The van der Waals surface area contributed by atoms with E-state index in [-0.39, 0.29) is 11.7 Å². The monoisotopic (exact) mass is 412 g/mol. The molecule has 1 saturated heterocycles. The number of hydrogen-bond acceptors (Lipinski definition) is 7. The van der Waals surface area contributed by atoms with E-state index in [9.17, 15) is 0 Å². The lowest BCUT2D eigenvalue weighted by Gasteiger charge is -2.34. The molecule has 6 nitrogen and oxygen atoms in total. The summed E-state index contributed by atoms with van der Waals surface area (Å²) in [5.74, 6) is 1.78. The molecule has 0 aromatic carbocycles. The Morgan fingerprint density at radius 1 is 1.24 bits per heavy atom. The van der Waals surface area contributed by atoms with Gasteiger partial charge in [-0.2, -0.15) is 0 Å². The first-order valence-corrected chi connectivity index (χ1v) is 11.4. The van der Waals surface area contributed by atoms with E-state index in [1.165, 1.54) is 24.0 Å². The highest BCUT2D eigenvalue weighted by molar-refractivity contribution is 7.25. The molecule has 0 saturated carbocycles. The van der Waals surface area contributed by atoms with Gasteiger partial charge in [-0.25, -0.2) is 15.0 Å². The molecule has 2 aliphatic rings. The van der Waals surface area contributed by atoms with Crippen molar-refractivity contribution in [3.63, 3.8) is 0 Å². The van der Waals surface area contributed by atoms with Crippen molar-refractivity contribution in [2.75, 3.05) is 18.0 Å². The number of ether oxygens (including phenoxy) is 2. The molecular weight excluding hydrogens is 384 g/mol. The Bertz CT molecular complexity index is 1070. The van der Waals surface area contributed by atoms with Crippen molar-refractivity contribution in [1.29, 1.82) is 0 Å². The first kappa shape index (κ1) is 19.0. The Hall–Kier alpha value is -1.99. The van der Waals surface area contributed by atoms with Crippen LogP contribution in [0.3, 0.4) is 0 Å². The van der Waals surface area contributed by atoms with Gasteiger partial charge in [-0.1, -0.05) is 6.92 Å². The second-order valence-corrected chi connectivity index (χ2v) is 9.79. The number of aromatic nitrogens is 3. The first-order valence-electron chi connectivity index (χ1n) is 10.6. The van der Waals surface area contributed by atoms with E-state index >= 15 is 0 Å². The molecule has 154 valence electrons. The van der Waals surface area contributed by atoms with E-state index in [4.69, 9.17) is 14.5 Å². The van der Waals surface area contributed by atoms with Crippen molar-refractivity contribution in [3.8, 4) is 5.88 Å². The van der Waals surface area contributed by atoms with E-state index in [2.05, 4.69) is 42.6 Å². The van der Waals surface area contributed by atoms with Crippen molar-refractivity contribution >= 4 is 37.6 Å². The summed E-state index contributed by atoms with van der Waals surface area (Å²) in [5.41, 5.74) is 3.35. The SMILES string of the molecule is CCC(C)Oc1ncnc2c1sc1nc(N3CCCC3)c3c(c12)CC(C)(C)OC3. The molecule has 0 N–H and O–H groups in total. The van der Waals surface area contributed by atoms with Crippen molar-refractivity contribution in [3.05, 3.63) is 17.5 Å². The number of rotatable bonds is 4. The summed E-state index contributed by atoms with van der Waals surface area (Å²) in [6.07, 6.45) is 6.00. The summed E-state index contributed by atoms with van der Waals surface area (Å²) in [6.45, 7) is 11.3. The Morgan fingerprint density at radius 3 is 2.79 bits per heavy atom. The molecule has 0 radical (unpaired) electrons. The van der Waals surface area contributed by atoms with Gasteiger partial charge < -0.3 is 14.4 Å². The maximum Gasteiger partial charge on any atom is 0.235 e. The lowest BCUT2D eigenvalue weighted by molar-refractivity contribution is -0.0395. The number of nitrogens with zero attached hydrogens (tertiary/aromatic N) is 4. The van der Waals surface area contributed by atoms with Gasteiger partial charge in [-0.05, 0) is 45.6 Å². The average molecular weight is 413 g/mol. The van der Waals surface area contributed by atoms with Crippen LogP contribution in [-0.2, 0) is 17.8 Å². The van der Waals surface area contributed by atoms with Gasteiger partial charge in [0.15, 0.2) is 0 Å². The third-order valence-electron chi connectivity index (χ3n) is 6.07. The van der Waals surface area contributed by atoms with Crippen LogP contribution < -0.4 is 9.64 Å². The second kappa shape index (κ2) is 7.06. The summed E-state index contributed by atoms with van der Waals surface area (Å²) in [4.78, 5) is 17.7. The second-order valence-electron chi connectivity index (χ2n) is 8.79. The Kier molecular flexibility index (Phi) is 4.62. The van der Waals surface area contributed by atoms with Crippen LogP contribution in [0.25, 0.3) is 20.4 Å². The molecule has 3 aromatic rings. The first-order chi connectivity index (χ1) is 14.0. The van der Waals surface area contributed by atoms with Gasteiger partial charge in [-0.3, -0.25) is 0 Å². The van der Waals surface area contributed by atoms with Crippen LogP contribution in [0, 0.1) is 0 Å². The molecule has 1 atom stereocenters. The molecule has 5 rings (SSSR count). The largest absolute Gasteiger partial charge is 0.474 e. The maximum atomic E-state index is 6.20. The zero-order valence-electron chi connectivity index (χ0n) is 17.6. The summed E-state index contributed by atoms with van der Waals surface area (Å²) in [6, 6.07) is 0. The van der Waals surface area contributed by atoms with Crippen molar-refractivity contribution in [1.82, 2.24) is 15.0 Å². The van der Waals surface area contributed by atoms with E-state index in [1.54, 1.807) is 17.7 Å². The predicted molar refractivity (Wildman–Crippen MR) is 117 cm³/mol. The van der Waals surface area contributed by atoms with Gasteiger partial charge in [0.25, 0.3) is 0 Å². The van der Waals surface area contributed by atoms with Gasteiger partial charge >= 0.3 is 0 Å². The minimum Gasteiger partial charge on any atom is -0.474 e. The smallest absolute Gasteiger partial charge is 0.235 e. The van der Waals surface area contributed by atoms with Crippen LogP contribution in [0.4, 0.5) is 5.82 Å². The van der Waals surface area contributed by atoms with Crippen molar-refractivity contribution in [2.24, 2.45) is 0 Å². The van der Waals surface area contributed by atoms with Gasteiger partial charge in [-0.15, -0.1) is 11.3 Å². The normalized spacial score (nSPS) is 19.7. The quantitative estimate of drug-likeness (QED) is 0.609. The van der Waals surface area contributed by atoms with Crippen LogP contribution in [-0.4, -0.2) is 39.7 Å². The lowest BCUT2D eigenvalue weighted by atomic mass is 9.90. The van der Waals surface area contributed by atoms with Crippen LogP contribution in [0.2, 0.25) is 0 Å². The molecule has 0 spiro atoms. The standard InChI is InChI=1S/C22H28N4O2S/c1-5-13(2)28-20-18-17(23-12-24-20)16-14-10-22(3,4)27-11-15(14)19(25-21(16)29-18)26-8-6-7-9-26/h12-13H,5-11H2,1-4H3. The molecule has 0 aliphatic carbocycles. The minimum atomic E-state index is -0.194. The fourth-order valence-corrected chi connectivity index (χ4v) is 5.40. The third kappa shape index (κ3) is 3.24. The zero-order valence-corrected chi connectivity index (χ0v) is 18.4. The molecule has 1 fully saturated rings. The van der Waals surface area contributed by atoms with Crippen LogP contribution in [0.1, 0.15) is 58.1 Å². The van der Waals surface area contributed by atoms with Crippen LogP contribution in [0.5, 0.6) is 5.88 Å². The summed E-state index contributed by atoms with van der Waals surface area (Å²) >= 11 is 1.66. The number of pyridine rings is 1. The molecule has 3 aromatic heterocycles. The van der Waals surface area contributed by atoms with E-state index in [0.29, 0.717) is 12.5 Å². The number of hydrogen-bond donors (Lipinski definition) is 0. The molecular formula is C22H28N4O2S. The van der Waals surface area contributed by atoms with E-state index in [1.807, 2.05) is 0 Å². The Balaban J connectivity index is 1.76. The maximum absolute atomic E-state index is 6.20. The Labute approximate surface area is 175 Å². The summed E-state index contributed by atoms with van der Waals surface area (Å²) < 4.78 is 13.3. The molecule has 1 unspecified atom stereocenters. The van der Waals surface area contributed by atoms with Gasteiger partial charge in [0.1, 0.15) is 21.7 Å². The highest BCUT2D eigenvalue weighted by Gasteiger charge is 2.33. The van der Waals surface area contributed by atoms with Crippen LogP contribution >= 0.6 is 11.3 Å². The van der Waals surface area contributed by atoms with Gasteiger partial charge in [0.05, 0.1) is 23.8 Å². The Morgan fingerprint density at radius 2 is 2.03 bits per heavy atom. The third-order valence-corrected chi connectivity index (χ3v) is 7.13. The molecule has 5 heterocycles. The molecule has 2 aliphatic heterocycles. The number of anilines is 1. The number of thiophene rings is 1. The molecule has 0 bridgehead atoms.